The molecule has 0 radical (unpaired) electrons. The van der Waals surface area contributed by atoms with Crippen molar-refractivity contribution in [1.82, 2.24) is 25.5 Å². The minimum atomic E-state index is 0.413. The van der Waals surface area contributed by atoms with Crippen molar-refractivity contribution in [2.24, 2.45) is 0 Å². The number of rotatable bonds is 4. The Balaban J connectivity index is 2.43. The average Bonchev–Trinajstić information content (AvgIpc) is 2.82. The molecular formula is C10H10BrCl2N5. The summed E-state index contributed by atoms with van der Waals surface area (Å²) in [5, 5.41) is 15.5. The number of benzene rings is 1. The summed E-state index contributed by atoms with van der Waals surface area (Å²) in [6, 6.07) is 3.62. The van der Waals surface area contributed by atoms with Crippen LogP contribution in [0.1, 0.15) is 12.7 Å². The van der Waals surface area contributed by atoms with Gasteiger partial charge in [-0.25, -0.2) is 0 Å². The predicted octanol–water partition coefficient (Wildman–Crippen LogP) is 2.84. The normalized spacial score (nSPS) is 10.9. The Bertz CT molecular complexity index is 557. The van der Waals surface area contributed by atoms with E-state index in [0.717, 1.165) is 11.0 Å². The molecule has 2 aromatic rings. The van der Waals surface area contributed by atoms with Crippen LogP contribution in [0.15, 0.2) is 16.6 Å². The van der Waals surface area contributed by atoms with E-state index in [4.69, 9.17) is 23.2 Å². The number of nitrogens with one attached hydrogen (secondary N) is 1. The fourth-order valence-electron chi connectivity index (χ4n) is 1.42. The molecule has 0 unspecified atom stereocenters. The Morgan fingerprint density at radius 1 is 1.33 bits per heavy atom. The monoisotopic (exact) mass is 349 g/mol. The smallest absolute Gasteiger partial charge is 0.170 e. The molecule has 0 aliphatic carbocycles. The molecule has 0 amide bonds. The summed E-state index contributed by atoms with van der Waals surface area (Å²) in [4.78, 5) is 0. The zero-order chi connectivity index (χ0) is 13.1. The highest BCUT2D eigenvalue weighted by Gasteiger charge is 2.14. The molecule has 0 bridgehead atoms. The van der Waals surface area contributed by atoms with Crippen LogP contribution in [0.25, 0.3) is 5.69 Å². The van der Waals surface area contributed by atoms with E-state index < -0.39 is 0 Å². The number of halogens is 3. The van der Waals surface area contributed by atoms with Crippen LogP contribution >= 0.6 is 39.1 Å². The highest BCUT2D eigenvalue weighted by Crippen LogP contribution is 2.34. The maximum atomic E-state index is 6.20. The SMILES string of the molecule is CCNCc1nnnn1-c1ccc(Br)c(Cl)c1Cl. The standard InChI is InChI=1S/C10H10BrCl2N5/c1-2-14-5-8-15-16-17-18(8)7-4-3-6(11)9(12)10(7)13/h3-4,14H,2,5H2,1H3. The maximum absolute atomic E-state index is 6.20. The predicted molar refractivity (Wildman–Crippen MR) is 74.3 cm³/mol. The van der Waals surface area contributed by atoms with Gasteiger partial charge in [-0.15, -0.1) is 5.10 Å². The highest BCUT2D eigenvalue weighted by molar-refractivity contribution is 9.10. The quantitative estimate of drug-likeness (QED) is 0.861. The molecule has 0 saturated heterocycles. The zero-order valence-electron chi connectivity index (χ0n) is 9.49. The minimum Gasteiger partial charge on any atom is -0.310 e. The zero-order valence-corrected chi connectivity index (χ0v) is 12.6. The average molecular weight is 351 g/mol. The maximum Gasteiger partial charge on any atom is 0.170 e. The van der Waals surface area contributed by atoms with Crippen LogP contribution in [0.3, 0.4) is 0 Å². The van der Waals surface area contributed by atoms with Crippen molar-refractivity contribution in [1.29, 1.82) is 0 Å². The molecule has 1 N–H and O–H groups in total. The lowest BCUT2D eigenvalue weighted by atomic mass is 10.3. The largest absolute Gasteiger partial charge is 0.310 e. The highest BCUT2D eigenvalue weighted by atomic mass is 79.9. The second kappa shape index (κ2) is 5.97. The van der Waals surface area contributed by atoms with Gasteiger partial charge >= 0.3 is 0 Å². The van der Waals surface area contributed by atoms with Crippen molar-refractivity contribution in [3.8, 4) is 5.69 Å². The molecule has 8 heteroatoms. The van der Waals surface area contributed by atoms with Crippen LogP contribution in [0.2, 0.25) is 10.0 Å². The van der Waals surface area contributed by atoms with Crippen molar-refractivity contribution in [2.75, 3.05) is 6.54 Å². The van der Waals surface area contributed by atoms with Gasteiger partial charge in [-0.1, -0.05) is 30.1 Å². The lowest BCUT2D eigenvalue weighted by Crippen LogP contribution is -2.16. The topological polar surface area (TPSA) is 55.6 Å². The van der Waals surface area contributed by atoms with Crippen molar-refractivity contribution < 1.29 is 0 Å². The third-order valence-electron chi connectivity index (χ3n) is 2.31. The Morgan fingerprint density at radius 3 is 2.83 bits per heavy atom. The van der Waals surface area contributed by atoms with Gasteiger partial charge in [-0.2, -0.15) is 4.68 Å². The van der Waals surface area contributed by atoms with Gasteiger partial charge in [0.25, 0.3) is 0 Å². The van der Waals surface area contributed by atoms with Crippen LogP contribution in [-0.4, -0.2) is 26.8 Å². The second-order valence-electron chi connectivity index (χ2n) is 3.48. The summed E-state index contributed by atoms with van der Waals surface area (Å²) in [6.07, 6.45) is 0. The molecule has 2 rings (SSSR count). The summed E-state index contributed by atoms with van der Waals surface area (Å²) < 4.78 is 2.31. The first-order valence-electron chi connectivity index (χ1n) is 5.27. The van der Waals surface area contributed by atoms with Gasteiger partial charge < -0.3 is 5.32 Å². The van der Waals surface area contributed by atoms with Crippen LogP contribution in [0, 0.1) is 0 Å². The number of hydrogen-bond acceptors (Lipinski definition) is 4. The summed E-state index contributed by atoms with van der Waals surface area (Å²) in [5.41, 5.74) is 0.655. The van der Waals surface area contributed by atoms with E-state index in [-0.39, 0.29) is 0 Å². The Kier molecular flexibility index (Phi) is 4.55. The van der Waals surface area contributed by atoms with E-state index in [1.807, 2.05) is 19.1 Å². The fraction of sp³-hybridized carbons (Fsp3) is 0.300. The molecule has 0 fully saturated rings. The van der Waals surface area contributed by atoms with Gasteiger partial charge in [0, 0.05) is 4.47 Å². The molecule has 0 aliphatic rings. The van der Waals surface area contributed by atoms with Gasteiger partial charge in [-0.05, 0) is 45.0 Å². The fourth-order valence-corrected chi connectivity index (χ4v) is 2.27. The molecule has 0 saturated carbocycles. The third-order valence-corrected chi connectivity index (χ3v) is 4.07. The van der Waals surface area contributed by atoms with Crippen LogP contribution in [0.4, 0.5) is 0 Å². The van der Waals surface area contributed by atoms with Crippen molar-refractivity contribution in [3.63, 3.8) is 0 Å². The Labute approximate surface area is 123 Å². The molecule has 5 nitrogen and oxygen atoms in total. The molecule has 1 heterocycles. The first kappa shape index (κ1) is 13.7. The molecule has 18 heavy (non-hydrogen) atoms. The first-order chi connectivity index (χ1) is 8.65. The second-order valence-corrected chi connectivity index (χ2v) is 5.09. The van der Waals surface area contributed by atoms with E-state index in [1.54, 1.807) is 4.68 Å². The van der Waals surface area contributed by atoms with E-state index in [9.17, 15) is 0 Å². The number of tetrazole rings is 1. The molecule has 96 valence electrons. The Morgan fingerprint density at radius 2 is 2.11 bits per heavy atom. The molecule has 0 atom stereocenters. The van der Waals surface area contributed by atoms with Crippen molar-refractivity contribution >= 4 is 39.1 Å². The molecule has 0 spiro atoms. The number of aromatic nitrogens is 4. The van der Waals surface area contributed by atoms with E-state index in [2.05, 4.69) is 36.8 Å². The van der Waals surface area contributed by atoms with Gasteiger partial charge in [0.1, 0.15) is 0 Å². The minimum absolute atomic E-state index is 0.413. The van der Waals surface area contributed by atoms with E-state index in [0.29, 0.717) is 28.1 Å². The first-order valence-corrected chi connectivity index (χ1v) is 6.82. The lowest BCUT2D eigenvalue weighted by Gasteiger charge is -2.08. The molecule has 0 aliphatic heterocycles. The van der Waals surface area contributed by atoms with E-state index in [1.165, 1.54) is 0 Å². The van der Waals surface area contributed by atoms with Crippen molar-refractivity contribution in [2.45, 2.75) is 13.5 Å². The summed E-state index contributed by atoms with van der Waals surface area (Å²) >= 11 is 15.6. The molecule has 1 aromatic heterocycles. The van der Waals surface area contributed by atoms with Gasteiger partial charge in [0.05, 0.1) is 22.3 Å². The van der Waals surface area contributed by atoms with Gasteiger partial charge in [0.15, 0.2) is 5.82 Å². The summed E-state index contributed by atoms with van der Waals surface area (Å²) in [6.45, 7) is 3.41. The van der Waals surface area contributed by atoms with Crippen molar-refractivity contribution in [3.05, 3.63) is 32.5 Å². The van der Waals surface area contributed by atoms with Gasteiger partial charge in [0.2, 0.25) is 0 Å². The summed E-state index contributed by atoms with van der Waals surface area (Å²) in [5.74, 6) is 0.678. The third kappa shape index (κ3) is 2.66. The Hall–Kier alpha value is -0.690. The van der Waals surface area contributed by atoms with Crippen LogP contribution < -0.4 is 5.32 Å². The van der Waals surface area contributed by atoms with Crippen LogP contribution in [-0.2, 0) is 6.54 Å². The number of nitrogens with zero attached hydrogens (tertiary/aromatic N) is 4. The van der Waals surface area contributed by atoms with E-state index >= 15 is 0 Å². The van der Waals surface area contributed by atoms with Gasteiger partial charge in [-0.3, -0.25) is 0 Å². The summed E-state index contributed by atoms with van der Waals surface area (Å²) in [7, 11) is 0. The lowest BCUT2D eigenvalue weighted by molar-refractivity contribution is 0.664. The number of hydrogen-bond donors (Lipinski definition) is 1. The van der Waals surface area contributed by atoms with Crippen LogP contribution in [0.5, 0.6) is 0 Å². The molecular weight excluding hydrogens is 341 g/mol. The molecule has 1 aromatic carbocycles.